The number of nitrogens with one attached hydrogen (secondary N) is 1. The lowest BCUT2D eigenvalue weighted by molar-refractivity contribution is 0.0946. The van der Waals surface area contributed by atoms with Gasteiger partial charge in [0.25, 0.3) is 5.91 Å². The highest BCUT2D eigenvalue weighted by atomic mass is 35.5. The standard InChI is InChI=1S/C27H29ClN2O2/c28-24-13-14-26(32-20-23-7-3-1-4-8-23)25(17-24)27(31)29-18-21-9-11-22(12-10-21)19-30-15-5-2-6-16-30/h1,3-4,7-14,17H,2,5-6,15-16,18-20H2,(H,29,31). The van der Waals surface area contributed by atoms with E-state index in [1.54, 1.807) is 18.2 Å². The van der Waals surface area contributed by atoms with Crippen molar-refractivity contribution in [1.29, 1.82) is 0 Å². The number of carbonyl (C=O) groups excluding carboxylic acids is 1. The van der Waals surface area contributed by atoms with Crippen molar-refractivity contribution in [2.45, 2.75) is 39.0 Å². The molecule has 1 saturated heterocycles. The lowest BCUT2D eigenvalue weighted by atomic mass is 10.1. The van der Waals surface area contributed by atoms with Crippen LogP contribution in [0.2, 0.25) is 5.02 Å². The summed E-state index contributed by atoms with van der Waals surface area (Å²) in [6, 6.07) is 23.5. The Bertz CT molecular complexity index is 1020. The topological polar surface area (TPSA) is 41.6 Å². The van der Waals surface area contributed by atoms with Crippen LogP contribution in [0.25, 0.3) is 0 Å². The van der Waals surface area contributed by atoms with E-state index in [2.05, 4.69) is 34.5 Å². The number of carbonyl (C=O) groups is 1. The number of amides is 1. The maximum Gasteiger partial charge on any atom is 0.255 e. The molecule has 166 valence electrons. The zero-order valence-corrected chi connectivity index (χ0v) is 19.0. The Morgan fingerprint density at radius 1 is 0.875 bits per heavy atom. The van der Waals surface area contributed by atoms with Gasteiger partial charge < -0.3 is 10.1 Å². The van der Waals surface area contributed by atoms with Crippen LogP contribution in [-0.4, -0.2) is 23.9 Å². The molecular formula is C27H29ClN2O2. The molecule has 3 aromatic rings. The van der Waals surface area contributed by atoms with Crippen molar-refractivity contribution in [3.8, 4) is 5.75 Å². The van der Waals surface area contributed by atoms with Crippen molar-refractivity contribution in [2.24, 2.45) is 0 Å². The third kappa shape index (κ3) is 6.35. The molecule has 32 heavy (non-hydrogen) atoms. The van der Waals surface area contributed by atoms with Crippen molar-refractivity contribution < 1.29 is 9.53 Å². The molecule has 0 aliphatic carbocycles. The SMILES string of the molecule is O=C(NCc1ccc(CN2CCCCC2)cc1)c1cc(Cl)ccc1OCc1ccccc1. The number of rotatable bonds is 8. The van der Waals surface area contributed by atoms with Crippen molar-refractivity contribution in [1.82, 2.24) is 10.2 Å². The monoisotopic (exact) mass is 448 g/mol. The first-order valence-corrected chi connectivity index (χ1v) is 11.6. The van der Waals surface area contributed by atoms with E-state index in [1.807, 2.05) is 30.3 Å². The fourth-order valence-corrected chi connectivity index (χ4v) is 4.13. The van der Waals surface area contributed by atoms with Gasteiger partial charge in [0.15, 0.2) is 0 Å². The molecule has 0 spiro atoms. The van der Waals surface area contributed by atoms with Gasteiger partial charge in [0.05, 0.1) is 5.56 Å². The van der Waals surface area contributed by atoms with E-state index in [9.17, 15) is 4.79 Å². The highest BCUT2D eigenvalue weighted by molar-refractivity contribution is 6.31. The van der Waals surface area contributed by atoms with Gasteiger partial charge in [0.2, 0.25) is 0 Å². The normalized spacial score (nSPS) is 14.2. The van der Waals surface area contributed by atoms with Crippen LogP contribution in [0, 0.1) is 0 Å². The lowest BCUT2D eigenvalue weighted by Gasteiger charge is -2.26. The van der Waals surface area contributed by atoms with Crippen LogP contribution >= 0.6 is 11.6 Å². The summed E-state index contributed by atoms with van der Waals surface area (Å²) >= 11 is 6.15. The summed E-state index contributed by atoms with van der Waals surface area (Å²) in [4.78, 5) is 15.4. The van der Waals surface area contributed by atoms with Crippen LogP contribution < -0.4 is 10.1 Å². The molecule has 4 nitrogen and oxygen atoms in total. The fraction of sp³-hybridized carbons (Fsp3) is 0.296. The Balaban J connectivity index is 1.34. The van der Waals surface area contributed by atoms with Gasteiger partial charge in [-0.3, -0.25) is 9.69 Å². The van der Waals surface area contributed by atoms with E-state index in [0.29, 0.717) is 29.5 Å². The Hall–Kier alpha value is -2.82. The summed E-state index contributed by atoms with van der Waals surface area (Å²) in [6.45, 7) is 4.21. The highest BCUT2D eigenvalue weighted by Crippen LogP contribution is 2.24. The minimum Gasteiger partial charge on any atom is -0.488 e. The second-order valence-corrected chi connectivity index (χ2v) is 8.69. The molecule has 0 saturated carbocycles. The molecule has 0 radical (unpaired) electrons. The van der Waals surface area contributed by atoms with Gasteiger partial charge in [-0.05, 0) is 60.8 Å². The van der Waals surface area contributed by atoms with E-state index in [0.717, 1.165) is 17.7 Å². The minimum atomic E-state index is -0.201. The van der Waals surface area contributed by atoms with Gasteiger partial charge in [-0.1, -0.05) is 72.6 Å². The Morgan fingerprint density at radius 3 is 2.34 bits per heavy atom. The molecule has 1 heterocycles. The van der Waals surface area contributed by atoms with Crippen molar-refractivity contribution in [3.63, 3.8) is 0 Å². The molecule has 1 N–H and O–H groups in total. The summed E-state index contributed by atoms with van der Waals surface area (Å²) in [5, 5.41) is 3.50. The van der Waals surface area contributed by atoms with Gasteiger partial charge in [0.1, 0.15) is 12.4 Å². The average Bonchev–Trinajstić information content (AvgIpc) is 2.84. The van der Waals surface area contributed by atoms with Gasteiger partial charge in [0, 0.05) is 18.1 Å². The molecule has 1 fully saturated rings. The Morgan fingerprint density at radius 2 is 1.59 bits per heavy atom. The van der Waals surface area contributed by atoms with E-state index in [4.69, 9.17) is 16.3 Å². The van der Waals surface area contributed by atoms with Gasteiger partial charge in [-0.25, -0.2) is 0 Å². The second kappa shape index (κ2) is 11.2. The third-order valence-electron chi connectivity index (χ3n) is 5.75. The molecule has 1 amide bonds. The summed E-state index contributed by atoms with van der Waals surface area (Å²) in [7, 11) is 0. The number of likely N-dealkylation sites (tertiary alicyclic amines) is 1. The molecule has 4 rings (SSSR count). The maximum atomic E-state index is 12.9. The smallest absolute Gasteiger partial charge is 0.255 e. The first kappa shape index (κ1) is 22.4. The quantitative estimate of drug-likeness (QED) is 0.471. The predicted octanol–water partition coefficient (Wildman–Crippen LogP) is 5.83. The first-order chi connectivity index (χ1) is 15.7. The molecule has 3 aromatic carbocycles. The van der Waals surface area contributed by atoms with Gasteiger partial charge in [-0.15, -0.1) is 0 Å². The number of benzene rings is 3. The van der Waals surface area contributed by atoms with Crippen molar-refractivity contribution in [3.05, 3.63) is 100 Å². The molecular weight excluding hydrogens is 420 g/mol. The molecule has 1 aliphatic heterocycles. The Kier molecular flexibility index (Phi) is 7.81. The predicted molar refractivity (Wildman–Crippen MR) is 129 cm³/mol. The van der Waals surface area contributed by atoms with Crippen LogP contribution in [0.4, 0.5) is 0 Å². The second-order valence-electron chi connectivity index (χ2n) is 8.25. The third-order valence-corrected chi connectivity index (χ3v) is 5.99. The summed E-state index contributed by atoms with van der Waals surface area (Å²) in [5.41, 5.74) is 3.86. The maximum absolute atomic E-state index is 12.9. The molecule has 0 aromatic heterocycles. The zero-order valence-electron chi connectivity index (χ0n) is 18.2. The van der Waals surface area contributed by atoms with E-state index in [1.165, 1.54) is 37.9 Å². The van der Waals surface area contributed by atoms with E-state index < -0.39 is 0 Å². The van der Waals surface area contributed by atoms with Crippen LogP contribution in [0.5, 0.6) is 5.75 Å². The molecule has 0 unspecified atom stereocenters. The number of piperidine rings is 1. The first-order valence-electron chi connectivity index (χ1n) is 11.2. The summed E-state index contributed by atoms with van der Waals surface area (Å²) < 4.78 is 5.92. The summed E-state index contributed by atoms with van der Waals surface area (Å²) in [6.07, 6.45) is 3.94. The van der Waals surface area contributed by atoms with Crippen molar-refractivity contribution >= 4 is 17.5 Å². The van der Waals surface area contributed by atoms with E-state index >= 15 is 0 Å². The minimum absolute atomic E-state index is 0.201. The molecule has 5 heteroatoms. The summed E-state index contributed by atoms with van der Waals surface area (Å²) in [5.74, 6) is 0.320. The number of nitrogens with zero attached hydrogens (tertiary/aromatic N) is 1. The van der Waals surface area contributed by atoms with Gasteiger partial charge in [-0.2, -0.15) is 0 Å². The number of halogens is 1. The number of ether oxygens (including phenoxy) is 1. The zero-order chi connectivity index (χ0) is 22.2. The number of hydrogen-bond donors (Lipinski definition) is 1. The average molecular weight is 449 g/mol. The van der Waals surface area contributed by atoms with Crippen LogP contribution in [0.15, 0.2) is 72.8 Å². The van der Waals surface area contributed by atoms with Crippen LogP contribution in [0.1, 0.15) is 46.3 Å². The molecule has 0 atom stereocenters. The largest absolute Gasteiger partial charge is 0.488 e. The molecule has 0 bridgehead atoms. The van der Waals surface area contributed by atoms with Crippen molar-refractivity contribution in [2.75, 3.05) is 13.1 Å². The highest BCUT2D eigenvalue weighted by Gasteiger charge is 2.14. The lowest BCUT2D eigenvalue weighted by Crippen LogP contribution is -2.29. The fourth-order valence-electron chi connectivity index (χ4n) is 3.96. The van der Waals surface area contributed by atoms with Crippen LogP contribution in [-0.2, 0) is 19.7 Å². The van der Waals surface area contributed by atoms with Crippen LogP contribution in [0.3, 0.4) is 0 Å². The van der Waals surface area contributed by atoms with E-state index in [-0.39, 0.29) is 5.91 Å². The molecule has 1 aliphatic rings. The Labute approximate surface area is 195 Å². The van der Waals surface area contributed by atoms with Gasteiger partial charge >= 0.3 is 0 Å². The number of hydrogen-bond acceptors (Lipinski definition) is 3.